The minimum absolute atomic E-state index is 0.116. The molecule has 0 fully saturated rings. The normalized spacial score (nSPS) is 10.8. The molecule has 0 aliphatic rings. The van der Waals surface area contributed by atoms with Gasteiger partial charge in [0.1, 0.15) is 17.4 Å². The first kappa shape index (κ1) is 21.9. The van der Waals surface area contributed by atoms with Crippen LogP contribution in [0.4, 0.5) is 11.4 Å². The molecule has 0 saturated heterocycles. The number of methoxy groups -OCH3 is 3. The summed E-state index contributed by atoms with van der Waals surface area (Å²) in [5.74, 6) is -0.546. The Balaban J connectivity index is 3.00. The molecule has 1 aromatic carbocycles. The number of carbonyl (C=O) groups is 1. The molecular formula is C17H22N4O6. The van der Waals surface area contributed by atoms with E-state index in [1.54, 1.807) is 19.1 Å². The van der Waals surface area contributed by atoms with Crippen molar-refractivity contribution in [1.82, 2.24) is 4.90 Å². The lowest BCUT2D eigenvalue weighted by Gasteiger charge is -2.20. The summed E-state index contributed by atoms with van der Waals surface area (Å²) in [6, 6.07) is 5.62. The van der Waals surface area contributed by atoms with Crippen LogP contribution in [0.25, 0.3) is 0 Å². The maximum atomic E-state index is 12.4. The standard InChI is InChI=1S/C17H22N4O6/c1-25-8-6-20(7-9-26-2)12-13(11-18)17(22)19-15-5-4-14(21(23)24)10-16(15)27-3/h4-5,10,12H,6-9H2,1-3H3,(H,19,22)/b13-12-. The highest BCUT2D eigenvalue weighted by Gasteiger charge is 2.16. The van der Waals surface area contributed by atoms with Crippen LogP contribution in [-0.4, -0.2) is 63.4 Å². The molecule has 0 radical (unpaired) electrons. The number of rotatable bonds is 11. The molecule has 1 aromatic rings. The van der Waals surface area contributed by atoms with Crippen molar-refractivity contribution in [2.24, 2.45) is 0 Å². The number of anilines is 1. The van der Waals surface area contributed by atoms with E-state index >= 15 is 0 Å². The van der Waals surface area contributed by atoms with Crippen LogP contribution in [-0.2, 0) is 14.3 Å². The zero-order valence-electron chi connectivity index (χ0n) is 15.4. The van der Waals surface area contributed by atoms with Gasteiger partial charge in [-0.25, -0.2) is 0 Å². The molecule has 0 unspecified atom stereocenters. The van der Waals surface area contributed by atoms with Gasteiger partial charge in [-0.3, -0.25) is 14.9 Å². The highest BCUT2D eigenvalue weighted by atomic mass is 16.6. The number of nitrogens with one attached hydrogen (secondary N) is 1. The number of non-ortho nitro benzene ring substituents is 1. The lowest BCUT2D eigenvalue weighted by atomic mass is 10.2. The van der Waals surface area contributed by atoms with Gasteiger partial charge in [-0.2, -0.15) is 5.26 Å². The molecule has 0 spiro atoms. The maximum Gasteiger partial charge on any atom is 0.273 e. The predicted molar refractivity (Wildman–Crippen MR) is 97.3 cm³/mol. The van der Waals surface area contributed by atoms with Crippen LogP contribution in [0, 0.1) is 21.4 Å². The number of carbonyl (C=O) groups excluding carboxylic acids is 1. The first-order valence-corrected chi connectivity index (χ1v) is 7.94. The lowest BCUT2D eigenvalue weighted by molar-refractivity contribution is -0.384. The van der Waals surface area contributed by atoms with Gasteiger partial charge in [0, 0.05) is 39.6 Å². The fourth-order valence-electron chi connectivity index (χ4n) is 2.07. The van der Waals surface area contributed by atoms with E-state index in [9.17, 15) is 20.2 Å². The van der Waals surface area contributed by atoms with Crippen molar-refractivity contribution in [2.45, 2.75) is 0 Å². The van der Waals surface area contributed by atoms with E-state index in [-0.39, 0.29) is 22.7 Å². The summed E-state index contributed by atoms with van der Waals surface area (Å²) in [5.41, 5.74) is -0.0941. The number of ether oxygens (including phenoxy) is 3. The fraction of sp³-hybridized carbons (Fsp3) is 0.412. The second-order valence-electron chi connectivity index (χ2n) is 5.27. The third-order valence-electron chi connectivity index (χ3n) is 3.49. The van der Waals surface area contributed by atoms with Gasteiger partial charge in [0.25, 0.3) is 11.6 Å². The van der Waals surface area contributed by atoms with Crippen LogP contribution in [0.5, 0.6) is 5.75 Å². The summed E-state index contributed by atoms with van der Waals surface area (Å²) in [7, 11) is 4.43. The topological polar surface area (TPSA) is 127 Å². The van der Waals surface area contributed by atoms with Crippen molar-refractivity contribution in [1.29, 1.82) is 5.26 Å². The summed E-state index contributed by atoms with van der Waals surface area (Å²) in [4.78, 5) is 24.4. The van der Waals surface area contributed by atoms with Crippen molar-refractivity contribution in [3.05, 3.63) is 40.1 Å². The molecule has 1 amide bonds. The third-order valence-corrected chi connectivity index (χ3v) is 3.49. The Bertz CT molecular complexity index is 721. The number of hydrogen-bond donors (Lipinski definition) is 1. The van der Waals surface area contributed by atoms with E-state index in [4.69, 9.17) is 14.2 Å². The largest absolute Gasteiger partial charge is 0.494 e. The third kappa shape index (κ3) is 6.93. The molecule has 146 valence electrons. The number of nitro benzene ring substituents is 1. The van der Waals surface area contributed by atoms with Crippen LogP contribution in [0.3, 0.4) is 0 Å². The molecule has 0 heterocycles. The Morgan fingerprint density at radius 2 is 1.93 bits per heavy atom. The summed E-state index contributed by atoms with van der Waals surface area (Å²) in [6.45, 7) is 1.77. The van der Waals surface area contributed by atoms with E-state index in [2.05, 4.69) is 5.32 Å². The lowest BCUT2D eigenvalue weighted by Crippen LogP contribution is -2.27. The SMILES string of the molecule is COCCN(/C=C(/C#N)C(=O)Nc1ccc([N+](=O)[O-])cc1OC)CCOC. The van der Waals surface area contributed by atoms with Gasteiger partial charge in [0.2, 0.25) is 0 Å². The second kappa shape index (κ2) is 11.5. The van der Waals surface area contributed by atoms with Gasteiger partial charge in [-0.15, -0.1) is 0 Å². The van der Waals surface area contributed by atoms with Crippen LogP contribution in [0.1, 0.15) is 0 Å². The Hall–Kier alpha value is -3.16. The highest BCUT2D eigenvalue weighted by Crippen LogP contribution is 2.29. The Morgan fingerprint density at radius 1 is 1.30 bits per heavy atom. The van der Waals surface area contributed by atoms with Crippen LogP contribution < -0.4 is 10.1 Å². The first-order valence-electron chi connectivity index (χ1n) is 7.94. The molecule has 0 aliphatic carbocycles. The van der Waals surface area contributed by atoms with E-state index in [1.807, 2.05) is 6.07 Å². The number of amides is 1. The molecule has 0 aromatic heterocycles. The van der Waals surface area contributed by atoms with Crippen molar-refractivity contribution < 1.29 is 23.9 Å². The van der Waals surface area contributed by atoms with Crippen LogP contribution in [0.2, 0.25) is 0 Å². The average molecular weight is 378 g/mol. The van der Waals surface area contributed by atoms with Gasteiger partial charge in [-0.1, -0.05) is 0 Å². The second-order valence-corrected chi connectivity index (χ2v) is 5.27. The number of hydrogen-bond acceptors (Lipinski definition) is 8. The van der Waals surface area contributed by atoms with Gasteiger partial charge in [-0.05, 0) is 6.07 Å². The molecule has 10 nitrogen and oxygen atoms in total. The van der Waals surface area contributed by atoms with E-state index in [0.717, 1.165) is 0 Å². The van der Waals surface area contributed by atoms with Gasteiger partial charge in [0.15, 0.2) is 0 Å². The summed E-state index contributed by atoms with van der Waals surface area (Å²) >= 11 is 0. The van der Waals surface area contributed by atoms with E-state index in [0.29, 0.717) is 26.3 Å². The summed E-state index contributed by atoms with van der Waals surface area (Å²) in [6.07, 6.45) is 1.42. The molecule has 0 bridgehead atoms. The number of nitriles is 1. The van der Waals surface area contributed by atoms with Crippen LogP contribution in [0.15, 0.2) is 30.0 Å². The molecular weight excluding hydrogens is 356 g/mol. The number of benzene rings is 1. The Kier molecular flexibility index (Phi) is 9.28. The Morgan fingerprint density at radius 3 is 2.41 bits per heavy atom. The molecule has 10 heteroatoms. The zero-order valence-corrected chi connectivity index (χ0v) is 15.4. The van der Waals surface area contributed by atoms with Gasteiger partial charge in [0.05, 0.1) is 37.0 Å². The molecule has 0 aliphatic heterocycles. The molecule has 0 atom stereocenters. The first-order chi connectivity index (χ1) is 13.0. The fourth-order valence-corrected chi connectivity index (χ4v) is 2.07. The van der Waals surface area contributed by atoms with E-state index < -0.39 is 10.8 Å². The molecule has 1 N–H and O–H groups in total. The minimum atomic E-state index is -0.663. The van der Waals surface area contributed by atoms with Crippen molar-refractivity contribution in [2.75, 3.05) is 52.9 Å². The quantitative estimate of drug-likeness (QED) is 0.266. The van der Waals surface area contributed by atoms with E-state index in [1.165, 1.54) is 31.5 Å². The summed E-state index contributed by atoms with van der Waals surface area (Å²) in [5, 5.41) is 22.7. The zero-order chi connectivity index (χ0) is 20.2. The number of nitro groups is 1. The average Bonchev–Trinajstić information content (AvgIpc) is 2.67. The van der Waals surface area contributed by atoms with Gasteiger partial charge < -0.3 is 24.4 Å². The van der Waals surface area contributed by atoms with Gasteiger partial charge >= 0.3 is 0 Å². The predicted octanol–water partition coefficient (Wildman–Crippen LogP) is 1.54. The maximum absolute atomic E-state index is 12.4. The van der Waals surface area contributed by atoms with Crippen LogP contribution >= 0.6 is 0 Å². The molecule has 1 rings (SSSR count). The van der Waals surface area contributed by atoms with Crippen molar-refractivity contribution in [3.63, 3.8) is 0 Å². The summed E-state index contributed by atoms with van der Waals surface area (Å²) < 4.78 is 15.1. The minimum Gasteiger partial charge on any atom is -0.494 e. The molecule has 27 heavy (non-hydrogen) atoms. The smallest absolute Gasteiger partial charge is 0.273 e. The number of nitrogens with zero attached hydrogens (tertiary/aromatic N) is 3. The molecule has 0 saturated carbocycles. The van der Waals surface area contributed by atoms with Crippen molar-refractivity contribution >= 4 is 17.3 Å². The monoisotopic (exact) mass is 378 g/mol. The highest BCUT2D eigenvalue weighted by molar-refractivity contribution is 6.07. The van der Waals surface area contributed by atoms with Crippen molar-refractivity contribution in [3.8, 4) is 11.8 Å². The Labute approximate surface area is 157 Å².